The molecule has 0 aromatic carbocycles. The second-order valence-corrected chi connectivity index (χ2v) is 12.9. The summed E-state index contributed by atoms with van der Waals surface area (Å²) in [5.74, 6) is 148. The first-order chi connectivity index (χ1) is 32.3. The molecule has 0 nitrogen and oxygen atoms in total. The van der Waals surface area contributed by atoms with E-state index in [0.717, 1.165) is 12.0 Å². The molecule has 2 saturated heterocycles. The molecule has 2 heteroatoms. The van der Waals surface area contributed by atoms with Crippen molar-refractivity contribution in [2.24, 2.45) is 0 Å². The van der Waals surface area contributed by atoms with Crippen molar-refractivity contribution >= 4 is 14.2 Å². The molecular formula is C63H10BP. The van der Waals surface area contributed by atoms with Gasteiger partial charge in [0.1, 0.15) is 0 Å². The van der Waals surface area contributed by atoms with Crippen molar-refractivity contribution in [1.29, 1.82) is 0 Å². The van der Waals surface area contributed by atoms with Crippen LogP contribution in [-0.2, 0) is 0 Å². The SMILES string of the molecule is CC#CC#CC#CC#CC#CC#CC#CC#CC#CC#CC#CC#CC#CC#CC#CC#CC#CC#CC#CC#CC#CC#CC#CC#CC#CC#CC#CC#CC#CC(C)P1B2CC21. The zero-order valence-corrected chi connectivity index (χ0v) is 34.8. The highest BCUT2D eigenvalue weighted by Gasteiger charge is 2.68. The number of hydrogen-bond donors (Lipinski definition) is 0. The second-order valence-electron chi connectivity index (χ2n) is 9.89. The van der Waals surface area contributed by atoms with Crippen LogP contribution in [-0.4, -0.2) is 17.6 Å². The van der Waals surface area contributed by atoms with Gasteiger partial charge in [0.25, 0.3) is 0 Å². The minimum Gasteiger partial charge on any atom is -0.128 e. The molecule has 3 atom stereocenters. The fourth-order valence-electron chi connectivity index (χ4n) is 3.17. The van der Waals surface area contributed by atoms with Gasteiger partial charge in [0.15, 0.2) is 6.43 Å². The van der Waals surface area contributed by atoms with Crippen LogP contribution in [0.3, 0.4) is 0 Å². The molecule has 0 amide bonds. The highest BCUT2D eigenvalue weighted by molar-refractivity contribution is 8.11. The summed E-state index contributed by atoms with van der Waals surface area (Å²) in [6.07, 6.45) is 2.42. The highest BCUT2D eigenvalue weighted by atomic mass is 31.1. The topological polar surface area (TPSA) is 0 Å². The van der Waals surface area contributed by atoms with Crippen molar-refractivity contribution in [2.45, 2.75) is 31.4 Å². The van der Waals surface area contributed by atoms with Gasteiger partial charge in [-0.05, 0) is 114 Å². The highest BCUT2D eigenvalue weighted by Crippen LogP contribution is 2.81. The average Bonchev–Trinajstić information content (AvgIpc) is 4.25. The molecule has 0 spiro atoms. The predicted molar refractivity (Wildman–Crippen MR) is 262 cm³/mol. The molecule has 0 aliphatic carbocycles. The van der Waals surface area contributed by atoms with Crippen molar-refractivity contribution in [3.05, 3.63) is 0 Å². The largest absolute Gasteiger partial charge is 0.177 e. The molecular weight excluding hydrogens is 798 g/mol. The van der Waals surface area contributed by atoms with Crippen molar-refractivity contribution in [3.8, 4) is 343 Å². The molecule has 0 aromatic heterocycles. The lowest BCUT2D eigenvalue weighted by atomic mass is 10.1. The third-order valence-corrected chi connectivity index (χ3v) is 9.04. The average molecular weight is 809 g/mol. The molecule has 2 heterocycles. The van der Waals surface area contributed by atoms with Gasteiger partial charge in [-0.3, -0.25) is 0 Å². The Morgan fingerprint density at radius 2 is 0.400 bits per heavy atom. The molecule has 2 fully saturated rings. The van der Waals surface area contributed by atoms with Gasteiger partial charge in [-0.15, -0.1) is 7.80 Å². The summed E-state index contributed by atoms with van der Waals surface area (Å²) < 4.78 is 0. The van der Waals surface area contributed by atoms with Crippen LogP contribution >= 0.6 is 7.80 Å². The van der Waals surface area contributed by atoms with Gasteiger partial charge in [-0.2, -0.15) is 0 Å². The molecule has 0 bridgehead atoms. The van der Waals surface area contributed by atoms with E-state index in [9.17, 15) is 0 Å². The van der Waals surface area contributed by atoms with E-state index in [2.05, 4.69) is 350 Å². The zero-order chi connectivity index (χ0) is 46.0. The summed E-state index contributed by atoms with van der Waals surface area (Å²) in [5, 5.41) is 0. The molecule has 2 aliphatic heterocycles. The van der Waals surface area contributed by atoms with Crippen molar-refractivity contribution < 1.29 is 0 Å². The lowest BCUT2D eigenvalue weighted by Crippen LogP contribution is -1.92. The fourth-order valence-corrected chi connectivity index (χ4v) is 6.03. The van der Waals surface area contributed by atoms with E-state index in [0.29, 0.717) is 5.66 Å². The Balaban J connectivity index is 1.61. The normalized spacial score (nSPS) is 8.74. The molecule has 0 saturated carbocycles. The Morgan fingerprint density at radius 1 is 0.262 bits per heavy atom. The van der Waals surface area contributed by atoms with Crippen molar-refractivity contribution in [3.63, 3.8) is 0 Å². The maximum absolute atomic E-state index is 3.19. The van der Waals surface area contributed by atoms with Gasteiger partial charge in [-0.1, -0.05) is 18.2 Å². The first kappa shape index (κ1) is 48.9. The van der Waals surface area contributed by atoms with E-state index in [1.807, 2.05) is 0 Å². The summed E-state index contributed by atoms with van der Waals surface area (Å²) in [5.41, 5.74) is 1.49. The van der Waals surface area contributed by atoms with Crippen molar-refractivity contribution in [1.82, 2.24) is 0 Å². The van der Waals surface area contributed by atoms with Crippen LogP contribution in [0.2, 0.25) is 6.32 Å². The van der Waals surface area contributed by atoms with Crippen LogP contribution in [0.25, 0.3) is 0 Å². The Bertz CT molecular complexity index is 4030. The summed E-state index contributed by atoms with van der Waals surface area (Å²) in [6, 6.07) is 0. The molecule has 0 radical (unpaired) electrons. The molecule has 3 unspecified atom stereocenters. The third kappa shape index (κ3) is 32.5. The van der Waals surface area contributed by atoms with Crippen LogP contribution in [0.15, 0.2) is 0 Å². The molecule has 65 heavy (non-hydrogen) atoms. The lowest BCUT2D eigenvalue weighted by molar-refractivity contribution is 1.27. The quantitative estimate of drug-likeness (QED) is 0.216. The molecule has 0 aromatic rings. The molecule has 2 rings (SSSR count). The third-order valence-electron chi connectivity index (χ3n) is 5.69. The van der Waals surface area contributed by atoms with Crippen LogP contribution in [0, 0.1) is 343 Å². The molecule has 2 aliphatic rings. The summed E-state index contributed by atoms with van der Waals surface area (Å²) in [4.78, 5) is 0. The van der Waals surface area contributed by atoms with Crippen LogP contribution < -0.4 is 0 Å². The summed E-state index contributed by atoms with van der Waals surface area (Å²) in [7, 11) is 0.190. The monoisotopic (exact) mass is 808 g/mol. The Hall–Kier alpha value is -12.3. The van der Waals surface area contributed by atoms with Gasteiger partial charge in [0.2, 0.25) is 0 Å². The maximum atomic E-state index is 3.19. The molecule has 0 N–H and O–H groups in total. The van der Waals surface area contributed by atoms with E-state index in [-0.39, 0.29) is 7.80 Å². The van der Waals surface area contributed by atoms with E-state index in [4.69, 9.17) is 0 Å². The van der Waals surface area contributed by atoms with Gasteiger partial charge in [0.05, 0.1) is 0 Å². The number of rotatable bonds is 1. The van der Waals surface area contributed by atoms with Gasteiger partial charge in [-0.25, -0.2) is 0 Å². The van der Waals surface area contributed by atoms with Gasteiger partial charge in [0, 0.05) is 242 Å². The Morgan fingerprint density at radius 3 is 0.523 bits per heavy atom. The first-order valence-corrected chi connectivity index (χ1v) is 19.1. The van der Waals surface area contributed by atoms with Crippen molar-refractivity contribution in [2.75, 3.05) is 0 Å². The standard InChI is InChI=1S/C63H10BP/c1-3-4-5-6-7-8-9-10-11-12-13-14-15-16-17-18-19-20-21-22-23-24-25-26-27-28-29-30-31-32-33-34-35-36-37-38-39-40-41-42-43-44-45-46-47-48-49-50-51-52-53-54-55-56-57-58-59-60-62(2)65-63-61-64(63)65/h62-63H,61H2,1-2H3. The fraction of sp³-hybridized carbons (Fsp3) is 0.0794. The molecule has 270 valence electrons. The summed E-state index contributed by atoms with van der Waals surface area (Å²) in [6.45, 7) is 3.87. The Labute approximate surface area is 387 Å². The van der Waals surface area contributed by atoms with E-state index in [1.165, 1.54) is 6.32 Å². The second kappa shape index (κ2) is 38.6. The first-order valence-electron chi connectivity index (χ1n) is 17.5. The zero-order valence-electron chi connectivity index (χ0n) is 33.9. The van der Waals surface area contributed by atoms with Crippen LogP contribution in [0.1, 0.15) is 13.8 Å². The van der Waals surface area contributed by atoms with E-state index >= 15 is 0 Å². The van der Waals surface area contributed by atoms with E-state index in [1.54, 1.807) is 6.92 Å². The van der Waals surface area contributed by atoms with Crippen LogP contribution in [0.4, 0.5) is 0 Å². The predicted octanol–water partition coefficient (Wildman–Crippen LogP) is 1.90. The number of hydrogen-bond acceptors (Lipinski definition) is 0. The van der Waals surface area contributed by atoms with Gasteiger partial charge < -0.3 is 0 Å². The lowest BCUT2D eigenvalue weighted by Gasteiger charge is -2.06. The maximum Gasteiger partial charge on any atom is 0.177 e. The minimum absolute atomic E-state index is 0.190. The van der Waals surface area contributed by atoms with E-state index < -0.39 is 0 Å². The van der Waals surface area contributed by atoms with Gasteiger partial charge >= 0.3 is 0 Å². The minimum atomic E-state index is 0.190. The summed E-state index contributed by atoms with van der Waals surface area (Å²) >= 11 is 0. The number of fused-ring (bicyclic) bond motifs is 1. The smallest absolute Gasteiger partial charge is 0.128 e. The van der Waals surface area contributed by atoms with Crippen LogP contribution in [0.5, 0.6) is 0 Å². The Kier molecular flexibility index (Phi) is 29.0.